The van der Waals surface area contributed by atoms with E-state index >= 15 is 0 Å². The van der Waals surface area contributed by atoms with Crippen molar-refractivity contribution in [2.24, 2.45) is 7.05 Å². The number of carbonyl (C=O) groups excluding carboxylic acids is 2. The molecule has 0 aliphatic rings. The van der Waals surface area contributed by atoms with Crippen molar-refractivity contribution in [3.8, 4) is 11.1 Å². The van der Waals surface area contributed by atoms with Gasteiger partial charge >= 0.3 is 6.03 Å². The molecule has 5 N–H and O–H groups in total. The van der Waals surface area contributed by atoms with Crippen LogP contribution in [0.1, 0.15) is 10.4 Å². The van der Waals surface area contributed by atoms with Crippen molar-refractivity contribution in [3.63, 3.8) is 0 Å². The van der Waals surface area contributed by atoms with Crippen molar-refractivity contribution in [1.29, 1.82) is 0 Å². The highest BCUT2D eigenvalue weighted by Gasteiger charge is 2.19. The smallest absolute Gasteiger partial charge is 0.323 e. The maximum absolute atomic E-state index is 13.3. The van der Waals surface area contributed by atoms with Gasteiger partial charge in [0.15, 0.2) is 0 Å². The molecule has 0 spiro atoms. The van der Waals surface area contributed by atoms with Crippen LogP contribution in [0, 0.1) is 5.82 Å². The van der Waals surface area contributed by atoms with Crippen LogP contribution >= 0.6 is 11.3 Å². The molecule has 0 aliphatic carbocycles. The Bertz CT molecular complexity index is 1590. The van der Waals surface area contributed by atoms with E-state index < -0.39 is 11.8 Å². The highest BCUT2D eigenvalue weighted by atomic mass is 32.1. The molecule has 0 atom stereocenters. The van der Waals surface area contributed by atoms with Crippen LogP contribution in [-0.2, 0) is 7.05 Å². The van der Waals surface area contributed by atoms with Crippen molar-refractivity contribution < 1.29 is 14.0 Å². The van der Waals surface area contributed by atoms with Crippen LogP contribution < -0.4 is 21.7 Å². The first-order chi connectivity index (χ1) is 17.4. The summed E-state index contributed by atoms with van der Waals surface area (Å²) >= 11 is 1.41. The van der Waals surface area contributed by atoms with E-state index in [2.05, 4.69) is 26.0 Å². The number of urea groups is 1. The summed E-state index contributed by atoms with van der Waals surface area (Å²) < 4.78 is 15.8. The summed E-state index contributed by atoms with van der Waals surface area (Å²) in [4.78, 5) is 29.5. The highest BCUT2D eigenvalue weighted by Crippen LogP contribution is 2.37. The second-order valence-corrected chi connectivity index (χ2v) is 8.81. The molecule has 3 heterocycles. The Balaban J connectivity index is 1.30. The molecule has 0 saturated heterocycles. The van der Waals surface area contributed by atoms with Gasteiger partial charge in [-0.2, -0.15) is 5.10 Å². The number of rotatable bonds is 5. The summed E-state index contributed by atoms with van der Waals surface area (Å²) in [6.07, 6.45) is 5.29. The zero-order valence-electron chi connectivity index (χ0n) is 18.9. The number of aromatic nitrogens is 3. The SMILES string of the molecule is Cn1cc(-c2cnc(N)c3c(C(=O)Nc4ccc(NC(=O)Nc5cccc(F)c5)cc4)csc23)cn1. The van der Waals surface area contributed by atoms with E-state index in [-0.39, 0.29) is 11.7 Å². The van der Waals surface area contributed by atoms with Gasteiger partial charge < -0.3 is 21.7 Å². The van der Waals surface area contributed by atoms with Gasteiger partial charge in [0.2, 0.25) is 0 Å². The summed E-state index contributed by atoms with van der Waals surface area (Å²) in [6, 6.07) is 11.7. The Hall–Kier alpha value is -4.77. The molecule has 0 saturated carbocycles. The molecule has 0 aliphatic heterocycles. The largest absolute Gasteiger partial charge is 0.383 e. The lowest BCUT2D eigenvalue weighted by Gasteiger charge is -2.09. The van der Waals surface area contributed by atoms with E-state index in [1.807, 2.05) is 13.2 Å². The van der Waals surface area contributed by atoms with Crippen LogP contribution in [0.2, 0.25) is 0 Å². The standard InChI is InChI=1S/C25H20FN7O2S/c1-33-12-14(10-29-33)19-11-28-23(27)21-20(13-36-22(19)21)24(34)30-16-5-7-17(8-6-16)31-25(35)32-18-4-2-3-15(26)9-18/h2-13H,1H3,(H2,27,28)(H,30,34)(H2,31,32,35). The summed E-state index contributed by atoms with van der Waals surface area (Å²) in [5.74, 6) is -0.507. The van der Waals surface area contributed by atoms with Crippen LogP contribution in [0.25, 0.3) is 21.2 Å². The zero-order valence-corrected chi connectivity index (χ0v) is 19.8. The van der Waals surface area contributed by atoms with E-state index in [4.69, 9.17) is 5.73 Å². The average molecular weight is 502 g/mol. The first-order valence-corrected chi connectivity index (χ1v) is 11.6. The molecule has 5 rings (SSSR count). The molecule has 5 aromatic rings. The number of halogens is 1. The summed E-state index contributed by atoms with van der Waals surface area (Å²) in [5.41, 5.74) is 9.66. The maximum Gasteiger partial charge on any atom is 0.323 e. The number of thiophene rings is 1. The highest BCUT2D eigenvalue weighted by molar-refractivity contribution is 7.18. The van der Waals surface area contributed by atoms with Gasteiger partial charge in [-0.25, -0.2) is 14.2 Å². The molecule has 0 radical (unpaired) electrons. The second kappa shape index (κ2) is 9.47. The molecule has 2 aromatic carbocycles. The molecule has 0 bridgehead atoms. The van der Waals surface area contributed by atoms with Crippen molar-refractivity contribution in [3.05, 3.63) is 83.9 Å². The van der Waals surface area contributed by atoms with Crippen molar-refractivity contribution >= 4 is 56.2 Å². The van der Waals surface area contributed by atoms with Crippen LogP contribution in [0.5, 0.6) is 0 Å². The van der Waals surface area contributed by atoms with E-state index in [1.165, 1.54) is 29.5 Å². The quantitative estimate of drug-likeness (QED) is 0.259. The lowest BCUT2D eigenvalue weighted by molar-refractivity contribution is 0.102. The Kier molecular flexibility index (Phi) is 6.05. The predicted octanol–water partition coefficient (Wildman–Crippen LogP) is 5.31. The van der Waals surface area contributed by atoms with Gasteiger partial charge in [-0.15, -0.1) is 11.3 Å². The van der Waals surface area contributed by atoms with Gasteiger partial charge in [0.1, 0.15) is 11.6 Å². The number of nitrogen functional groups attached to an aromatic ring is 1. The Morgan fingerprint density at radius 2 is 1.72 bits per heavy atom. The van der Waals surface area contributed by atoms with Gasteiger partial charge in [-0.1, -0.05) is 6.07 Å². The van der Waals surface area contributed by atoms with Gasteiger partial charge in [-0.05, 0) is 42.5 Å². The zero-order chi connectivity index (χ0) is 25.2. The lowest BCUT2D eigenvalue weighted by Crippen LogP contribution is -2.19. The number of pyridine rings is 1. The Labute approximate surface area is 208 Å². The third kappa shape index (κ3) is 4.72. The molecule has 0 fully saturated rings. The van der Waals surface area contributed by atoms with Crippen LogP contribution in [0.4, 0.5) is 32.1 Å². The number of fused-ring (bicyclic) bond motifs is 1. The third-order valence-electron chi connectivity index (χ3n) is 5.37. The molecule has 3 amide bonds. The first-order valence-electron chi connectivity index (χ1n) is 10.8. The summed E-state index contributed by atoms with van der Waals surface area (Å²) in [5, 5.41) is 14.6. The molecule has 9 nitrogen and oxygen atoms in total. The molecule has 11 heteroatoms. The predicted molar refractivity (Wildman–Crippen MR) is 140 cm³/mol. The molecule has 3 aromatic heterocycles. The number of hydrogen-bond acceptors (Lipinski definition) is 6. The molecule has 36 heavy (non-hydrogen) atoms. The van der Waals surface area contributed by atoms with E-state index in [9.17, 15) is 14.0 Å². The number of benzene rings is 2. The maximum atomic E-state index is 13.3. The van der Waals surface area contributed by atoms with Gasteiger partial charge in [0, 0.05) is 63.1 Å². The normalized spacial score (nSPS) is 10.8. The fraction of sp³-hybridized carbons (Fsp3) is 0.0400. The Morgan fingerprint density at radius 1 is 1.00 bits per heavy atom. The molecular formula is C25H20FN7O2S. The number of nitrogens with zero attached hydrogens (tertiary/aromatic N) is 3. The number of aryl methyl sites for hydroxylation is 1. The van der Waals surface area contributed by atoms with Crippen molar-refractivity contribution in [1.82, 2.24) is 14.8 Å². The number of nitrogens with one attached hydrogen (secondary N) is 3. The van der Waals surface area contributed by atoms with Gasteiger partial charge in [-0.3, -0.25) is 9.48 Å². The minimum absolute atomic E-state index is 0.271. The fourth-order valence-corrected chi connectivity index (χ4v) is 4.79. The fourth-order valence-electron chi connectivity index (χ4n) is 3.70. The monoisotopic (exact) mass is 501 g/mol. The van der Waals surface area contributed by atoms with E-state index in [0.29, 0.717) is 28.0 Å². The lowest BCUT2D eigenvalue weighted by atomic mass is 10.1. The average Bonchev–Trinajstić information content (AvgIpc) is 3.48. The number of carbonyl (C=O) groups is 2. The van der Waals surface area contributed by atoms with Crippen LogP contribution in [0.15, 0.2) is 72.5 Å². The minimum atomic E-state index is -0.519. The van der Waals surface area contributed by atoms with Crippen LogP contribution in [-0.4, -0.2) is 26.7 Å². The van der Waals surface area contributed by atoms with Crippen molar-refractivity contribution in [2.75, 3.05) is 21.7 Å². The molecule has 180 valence electrons. The molecular weight excluding hydrogens is 481 g/mol. The van der Waals surface area contributed by atoms with Crippen molar-refractivity contribution in [2.45, 2.75) is 0 Å². The number of nitrogens with two attached hydrogens (primary N) is 1. The van der Waals surface area contributed by atoms with Gasteiger partial charge in [0.05, 0.1) is 11.8 Å². The number of anilines is 4. The topological polar surface area (TPSA) is 127 Å². The summed E-state index contributed by atoms with van der Waals surface area (Å²) in [6.45, 7) is 0. The van der Waals surface area contributed by atoms with E-state index in [0.717, 1.165) is 15.8 Å². The Morgan fingerprint density at radius 3 is 2.42 bits per heavy atom. The number of amides is 3. The molecule has 0 unspecified atom stereocenters. The minimum Gasteiger partial charge on any atom is -0.383 e. The first kappa shape index (κ1) is 23.0. The van der Waals surface area contributed by atoms with Gasteiger partial charge in [0.25, 0.3) is 5.91 Å². The third-order valence-corrected chi connectivity index (χ3v) is 6.38. The summed E-state index contributed by atoms with van der Waals surface area (Å²) in [7, 11) is 1.83. The number of hydrogen-bond donors (Lipinski definition) is 4. The van der Waals surface area contributed by atoms with E-state index in [1.54, 1.807) is 52.8 Å². The second-order valence-electron chi connectivity index (χ2n) is 7.93. The van der Waals surface area contributed by atoms with Crippen LogP contribution in [0.3, 0.4) is 0 Å².